The van der Waals surface area contributed by atoms with Gasteiger partial charge in [-0.15, -0.1) is 11.3 Å². The van der Waals surface area contributed by atoms with Gasteiger partial charge in [-0.05, 0) is 29.8 Å². The molecule has 2 amide bonds. The number of hydrazine groups is 1. The molecule has 160 valence electrons. The first kappa shape index (κ1) is 20.3. The first-order valence-corrected chi connectivity index (χ1v) is 11.7. The molecule has 0 saturated heterocycles. The zero-order valence-electron chi connectivity index (χ0n) is 16.7. The predicted molar refractivity (Wildman–Crippen MR) is 124 cm³/mol. The molecule has 0 fully saturated rings. The highest BCUT2D eigenvalue weighted by Crippen LogP contribution is 2.23. The standard InChI is InChI=1S/C22H18N6O2S2/c29-19(11-16-12-28-9-10-31-22(28)23-16)26-27-20(30)15-7-5-14(6-8-15)13-32-21-24-17-3-1-2-4-18(17)25-21/h1-10,12H,11,13H2,(H,24,25)(H,26,29)(H,27,30). The van der Waals surface area contributed by atoms with Crippen molar-refractivity contribution in [2.75, 3.05) is 0 Å². The Morgan fingerprint density at radius 3 is 2.72 bits per heavy atom. The van der Waals surface area contributed by atoms with Crippen LogP contribution < -0.4 is 10.9 Å². The van der Waals surface area contributed by atoms with Gasteiger partial charge in [-0.1, -0.05) is 36.0 Å². The second-order valence-corrected chi connectivity index (χ2v) is 8.89. The third-order valence-corrected chi connectivity index (χ3v) is 6.47. The lowest BCUT2D eigenvalue weighted by atomic mass is 10.1. The Morgan fingerprint density at radius 2 is 1.91 bits per heavy atom. The van der Waals surface area contributed by atoms with Crippen molar-refractivity contribution in [1.82, 2.24) is 30.2 Å². The maximum Gasteiger partial charge on any atom is 0.269 e. The molecule has 5 aromatic rings. The molecule has 10 heteroatoms. The van der Waals surface area contributed by atoms with Crippen molar-refractivity contribution in [2.45, 2.75) is 17.3 Å². The van der Waals surface area contributed by atoms with Gasteiger partial charge in [-0.2, -0.15) is 0 Å². The van der Waals surface area contributed by atoms with E-state index in [1.807, 2.05) is 52.4 Å². The summed E-state index contributed by atoms with van der Waals surface area (Å²) >= 11 is 3.10. The lowest BCUT2D eigenvalue weighted by molar-refractivity contribution is -0.121. The van der Waals surface area contributed by atoms with E-state index in [-0.39, 0.29) is 18.2 Å². The van der Waals surface area contributed by atoms with Crippen molar-refractivity contribution in [1.29, 1.82) is 0 Å². The SMILES string of the molecule is O=C(Cc1cn2ccsc2n1)NNC(=O)c1ccc(CSc2nc3ccccc3[nH]2)cc1. The van der Waals surface area contributed by atoms with Gasteiger partial charge in [-0.3, -0.25) is 24.8 Å². The fourth-order valence-corrected chi connectivity index (χ4v) is 4.73. The van der Waals surface area contributed by atoms with Crippen molar-refractivity contribution in [3.05, 3.63) is 83.1 Å². The zero-order valence-corrected chi connectivity index (χ0v) is 18.4. The van der Waals surface area contributed by atoms with Crippen LogP contribution in [0, 0.1) is 0 Å². The van der Waals surface area contributed by atoms with E-state index in [9.17, 15) is 9.59 Å². The summed E-state index contributed by atoms with van der Waals surface area (Å²) in [4.78, 5) is 37.5. The Balaban J connectivity index is 1.11. The van der Waals surface area contributed by atoms with Gasteiger partial charge in [0.05, 0.1) is 23.1 Å². The normalized spacial score (nSPS) is 11.1. The molecule has 0 aliphatic rings. The summed E-state index contributed by atoms with van der Waals surface area (Å²) in [6, 6.07) is 15.2. The molecule has 5 rings (SSSR count). The minimum Gasteiger partial charge on any atom is -0.333 e. The molecule has 0 bridgehead atoms. The minimum absolute atomic E-state index is 0.0899. The van der Waals surface area contributed by atoms with Crippen LogP contribution in [0.1, 0.15) is 21.6 Å². The van der Waals surface area contributed by atoms with Gasteiger partial charge >= 0.3 is 0 Å². The maximum absolute atomic E-state index is 12.3. The first-order valence-electron chi connectivity index (χ1n) is 9.81. The number of H-pyrrole nitrogens is 1. The summed E-state index contributed by atoms with van der Waals surface area (Å²) in [5.74, 6) is 0.0178. The molecule has 0 unspecified atom stereocenters. The van der Waals surface area contributed by atoms with Crippen LogP contribution >= 0.6 is 23.1 Å². The summed E-state index contributed by atoms with van der Waals surface area (Å²) in [7, 11) is 0. The number of para-hydroxylation sites is 2. The van der Waals surface area contributed by atoms with Crippen LogP contribution in [-0.4, -0.2) is 31.2 Å². The first-order chi connectivity index (χ1) is 15.6. The monoisotopic (exact) mass is 462 g/mol. The van der Waals surface area contributed by atoms with E-state index in [0.29, 0.717) is 11.3 Å². The second-order valence-electron chi connectivity index (χ2n) is 7.05. The Morgan fingerprint density at radius 1 is 1.06 bits per heavy atom. The maximum atomic E-state index is 12.3. The Kier molecular flexibility index (Phi) is 5.61. The molecule has 0 radical (unpaired) electrons. The van der Waals surface area contributed by atoms with E-state index >= 15 is 0 Å². The molecule has 3 aromatic heterocycles. The number of nitrogens with one attached hydrogen (secondary N) is 3. The second kappa shape index (κ2) is 8.85. The number of thioether (sulfide) groups is 1. The number of carbonyl (C=O) groups excluding carboxylic acids is 2. The minimum atomic E-state index is -0.374. The molecule has 0 atom stereocenters. The fourth-order valence-electron chi connectivity index (χ4n) is 3.17. The van der Waals surface area contributed by atoms with Crippen molar-refractivity contribution in [2.24, 2.45) is 0 Å². The number of nitrogens with zero attached hydrogens (tertiary/aromatic N) is 3. The van der Waals surface area contributed by atoms with Crippen LogP contribution in [0.25, 0.3) is 16.0 Å². The summed E-state index contributed by atoms with van der Waals surface area (Å²) in [6.07, 6.45) is 3.77. The van der Waals surface area contributed by atoms with Crippen molar-refractivity contribution < 1.29 is 9.59 Å². The van der Waals surface area contributed by atoms with Crippen molar-refractivity contribution in [3.63, 3.8) is 0 Å². The third-order valence-electron chi connectivity index (χ3n) is 4.76. The Labute approximate surface area is 191 Å². The number of fused-ring (bicyclic) bond motifs is 2. The number of aromatic amines is 1. The molecule has 0 saturated carbocycles. The van der Waals surface area contributed by atoms with Gasteiger partial charge in [0.25, 0.3) is 5.91 Å². The lowest BCUT2D eigenvalue weighted by Gasteiger charge is -2.07. The Hall–Kier alpha value is -3.63. The fraction of sp³-hybridized carbons (Fsp3) is 0.0909. The van der Waals surface area contributed by atoms with Crippen LogP contribution in [0.2, 0.25) is 0 Å². The molecule has 2 aromatic carbocycles. The highest BCUT2D eigenvalue weighted by atomic mass is 32.2. The number of hydrogen-bond acceptors (Lipinski definition) is 6. The van der Waals surface area contributed by atoms with E-state index in [1.54, 1.807) is 30.1 Å². The van der Waals surface area contributed by atoms with Crippen LogP contribution in [0.4, 0.5) is 0 Å². The van der Waals surface area contributed by atoms with E-state index in [2.05, 4.69) is 25.8 Å². The van der Waals surface area contributed by atoms with Crippen molar-refractivity contribution >= 4 is 50.9 Å². The van der Waals surface area contributed by atoms with Gasteiger partial charge in [0.15, 0.2) is 10.1 Å². The van der Waals surface area contributed by atoms with E-state index in [4.69, 9.17) is 0 Å². The number of imidazole rings is 2. The van der Waals surface area contributed by atoms with Crippen LogP contribution in [0.3, 0.4) is 0 Å². The Bertz CT molecular complexity index is 1340. The van der Waals surface area contributed by atoms with Gasteiger partial charge in [0, 0.05) is 29.1 Å². The number of thiazole rings is 1. The topological polar surface area (TPSA) is 104 Å². The number of rotatable bonds is 6. The van der Waals surface area contributed by atoms with Gasteiger partial charge in [-0.25, -0.2) is 9.97 Å². The lowest BCUT2D eigenvalue weighted by Crippen LogP contribution is -2.42. The summed E-state index contributed by atoms with van der Waals surface area (Å²) in [5.41, 5.74) is 9.02. The molecular formula is C22H18N6O2S2. The van der Waals surface area contributed by atoms with E-state index < -0.39 is 0 Å². The number of carbonyl (C=O) groups is 2. The smallest absolute Gasteiger partial charge is 0.269 e. The molecule has 8 nitrogen and oxygen atoms in total. The molecule has 0 aliphatic heterocycles. The summed E-state index contributed by atoms with van der Waals surface area (Å²) in [5, 5.41) is 2.78. The molecule has 0 aliphatic carbocycles. The summed E-state index contributed by atoms with van der Waals surface area (Å²) < 4.78 is 1.86. The number of hydrogen-bond donors (Lipinski definition) is 3. The highest BCUT2D eigenvalue weighted by Gasteiger charge is 2.11. The molecular weight excluding hydrogens is 444 g/mol. The van der Waals surface area contributed by atoms with Crippen molar-refractivity contribution in [3.8, 4) is 0 Å². The molecule has 32 heavy (non-hydrogen) atoms. The average molecular weight is 463 g/mol. The number of aromatic nitrogens is 4. The van der Waals surface area contributed by atoms with E-state index in [0.717, 1.165) is 32.5 Å². The van der Waals surface area contributed by atoms with Crippen LogP contribution in [0.15, 0.2) is 71.5 Å². The van der Waals surface area contributed by atoms with Gasteiger partial charge in [0.2, 0.25) is 5.91 Å². The van der Waals surface area contributed by atoms with Crippen LogP contribution in [-0.2, 0) is 17.0 Å². The largest absolute Gasteiger partial charge is 0.333 e. The predicted octanol–water partition coefficient (Wildman–Crippen LogP) is 3.57. The number of benzene rings is 2. The summed E-state index contributed by atoms with van der Waals surface area (Å²) in [6.45, 7) is 0. The third kappa shape index (κ3) is 4.51. The van der Waals surface area contributed by atoms with Gasteiger partial charge < -0.3 is 4.98 Å². The zero-order chi connectivity index (χ0) is 21.9. The quantitative estimate of drug-likeness (QED) is 0.264. The molecule has 3 N–H and O–H groups in total. The molecule has 3 heterocycles. The highest BCUT2D eigenvalue weighted by molar-refractivity contribution is 7.98. The van der Waals surface area contributed by atoms with E-state index in [1.165, 1.54) is 11.3 Å². The molecule has 0 spiro atoms. The van der Waals surface area contributed by atoms with Crippen LogP contribution in [0.5, 0.6) is 0 Å². The number of amides is 2. The van der Waals surface area contributed by atoms with Gasteiger partial charge in [0.1, 0.15) is 0 Å². The average Bonchev–Trinajstić information content (AvgIpc) is 3.51.